The minimum absolute atomic E-state index is 0.220. The number of alkyl halides is 3. The molecule has 1 aromatic rings. The molecule has 2 aliphatic rings. The summed E-state index contributed by atoms with van der Waals surface area (Å²) in [5.41, 5.74) is 1.15. The first-order valence-corrected chi connectivity index (χ1v) is 7.08. The first-order chi connectivity index (χ1) is 9.55. The van der Waals surface area contributed by atoms with Crippen molar-refractivity contribution < 1.29 is 17.9 Å². The van der Waals surface area contributed by atoms with E-state index >= 15 is 0 Å². The number of fused-ring (bicyclic) bond motifs is 1. The van der Waals surface area contributed by atoms with E-state index < -0.39 is 11.7 Å². The van der Waals surface area contributed by atoms with Gasteiger partial charge in [-0.05, 0) is 54.9 Å². The zero-order chi connectivity index (χ0) is 14.2. The Balaban J connectivity index is 1.93. The van der Waals surface area contributed by atoms with E-state index in [1.165, 1.54) is 6.07 Å². The van der Waals surface area contributed by atoms with Gasteiger partial charge in [-0.3, -0.25) is 0 Å². The van der Waals surface area contributed by atoms with Crippen LogP contribution in [0.3, 0.4) is 0 Å². The Bertz CT molecular complexity index is 480. The van der Waals surface area contributed by atoms with Gasteiger partial charge in [0, 0.05) is 25.4 Å². The van der Waals surface area contributed by atoms with Crippen LogP contribution in [-0.4, -0.2) is 19.8 Å². The van der Waals surface area contributed by atoms with E-state index in [0.717, 1.165) is 56.3 Å². The van der Waals surface area contributed by atoms with Gasteiger partial charge in [0.2, 0.25) is 0 Å². The van der Waals surface area contributed by atoms with E-state index in [1.54, 1.807) is 6.07 Å². The van der Waals surface area contributed by atoms with Crippen molar-refractivity contribution in [1.82, 2.24) is 0 Å². The van der Waals surface area contributed by atoms with Gasteiger partial charge >= 0.3 is 6.18 Å². The summed E-state index contributed by atoms with van der Waals surface area (Å²) in [6.07, 6.45) is -1.48. The van der Waals surface area contributed by atoms with Crippen LogP contribution < -0.4 is 5.32 Å². The van der Waals surface area contributed by atoms with Crippen LogP contribution >= 0.6 is 0 Å². The highest BCUT2D eigenvalue weighted by Crippen LogP contribution is 2.43. The number of nitrogens with one attached hydrogen (secondary N) is 1. The maximum Gasteiger partial charge on any atom is 0.416 e. The van der Waals surface area contributed by atoms with Crippen molar-refractivity contribution in [2.45, 2.75) is 31.4 Å². The number of anilines is 1. The molecule has 1 atom stereocenters. The summed E-state index contributed by atoms with van der Waals surface area (Å²) in [4.78, 5) is 0. The zero-order valence-electron chi connectivity index (χ0n) is 11.2. The van der Waals surface area contributed by atoms with Crippen molar-refractivity contribution in [3.63, 3.8) is 0 Å². The molecular formula is C15H18F3NO. The molecule has 0 spiro atoms. The molecule has 0 amide bonds. The number of hydrogen-bond acceptors (Lipinski definition) is 2. The van der Waals surface area contributed by atoms with Crippen LogP contribution in [0.2, 0.25) is 0 Å². The lowest BCUT2D eigenvalue weighted by atomic mass is 9.77. The SMILES string of the molecule is FC(F)(F)c1ccc2c(c1)C(C1CCOCC1)CCN2. The summed E-state index contributed by atoms with van der Waals surface area (Å²) in [6, 6.07) is 4.07. The number of rotatable bonds is 1. The standard InChI is InChI=1S/C15H18F3NO/c16-15(17,18)11-1-2-14-13(9-11)12(3-6-19-14)10-4-7-20-8-5-10/h1-2,9-10,12,19H,3-8H2. The molecule has 0 aromatic heterocycles. The second kappa shape index (κ2) is 5.28. The lowest BCUT2D eigenvalue weighted by molar-refractivity contribution is -0.137. The monoisotopic (exact) mass is 285 g/mol. The molecule has 5 heteroatoms. The van der Waals surface area contributed by atoms with Gasteiger partial charge in [0.05, 0.1) is 5.56 Å². The van der Waals surface area contributed by atoms with E-state index in [1.807, 2.05) is 0 Å². The average molecular weight is 285 g/mol. The Morgan fingerprint density at radius 3 is 2.55 bits per heavy atom. The minimum atomic E-state index is -4.27. The Kier molecular flexibility index (Phi) is 3.63. The summed E-state index contributed by atoms with van der Waals surface area (Å²) in [5, 5.41) is 3.21. The molecular weight excluding hydrogens is 267 g/mol. The van der Waals surface area contributed by atoms with Crippen molar-refractivity contribution >= 4 is 5.69 Å². The summed E-state index contributed by atoms with van der Waals surface area (Å²) < 4.78 is 44.0. The topological polar surface area (TPSA) is 21.3 Å². The van der Waals surface area contributed by atoms with Crippen molar-refractivity contribution in [3.05, 3.63) is 29.3 Å². The summed E-state index contributed by atoms with van der Waals surface area (Å²) >= 11 is 0. The van der Waals surface area contributed by atoms with Gasteiger partial charge < -0.3 is 10.1 Å². The van der Waals surface area contributed by atoms with Crippen LogP contribution in [0, 0.1) is 5.92 Å². The molecule has 2 aliphatic heterocycles. The summed E-state index contributed by atoms with van der Waals surface area (Å²) in [6.45, 7) is 2.28. The Hall–Kier alpha value is -1.23. The molecule has 1 aromatic carbocycles. The predicted octanol–water partition coefficient (Wildman–Crippen LogP) is 4.03. The molecule has 1 saturated heterocycles. The highest BCUT2D eigenvalue weighted by molar-refractivity contribution is 5.56. The first-order valence-electron chi connectivity index (χ1n) is 7.08. The molecule has 0 radical (unpaired) electrons. The molecule has 20 heavy (non-hydrogen) atoms. The second-order valence-electron chi connectivity index (χ2n) is 5.57. The predicted molar refractivity (Wildman–Crippen MR) is 70.8 cm³/mol. The Labute approximate surface area is 116 Å². The first kappa shape index (κ1) is 13.7. The molecule has 0 aliphatic carbocycles. The van der Waals surface area contributed by atoms with Gasteiger partial charge in [0.25, 0.3) is 0 Å². The third kappa shape index (κ3) is 2.64. The third-order valence-corrected chi connectivity index (χ3v) is 4.38. The zero-order valence-corrected chi connectivity index (χ0v) is 11.2. The normalized spacial score (nSPS) is 24.1. The fourth-order valence-electron chi connectivity index (χ4n) is 3.33. The van der Waals surface area contributed by atoms with Crippen LogP contribution in [0.4, 0.5) is 18.9 Å². The van der Waals surface area contributed by atoms with Crippen molar-refractivity contribution in [1.29, 1.82) is 0 Å². The number of benzene rings is 1. The van der Waals surface area contributed by atoms with Gasteiger partial charge in [-0.1, -0.05) is 0 Å². The van der Waals surface area contributed by atoms with Gasteiger partial charge in [-0.25, -0.2) is 0 Å². The van der Waals surface area contributed by atoms with Crippen LogP contribution in [0.5, 0.6) is 0 Å². The van der Waals surface area contributed by atoms with E-state index in [4.69, 9.17) is 4.74 Å². The molecule has 0 saturated carbocycles. The number of halogens is 3. The lowest BCUT2D eigenvalue weighted by Gasteiger charge is -2.35. The van der Waals surface area contributed by atoms with Crippen LogP contribution in [-0.2, 0) is 10.9 Å². The van der Waals surface area contributed by atoms with E-state index in [-0.39, 0.29) is 5.92 Å². The van der Waals surface area contributed by atoms with Crippen molar-refractivity contribution in [2.24, 2.45) is 5.92 Å². The Morgan fingerprint density at radius 2 is 1.85 bits per heavy atom. The lowest BCUT2D eigenvalue weighted by Crippen LogP contribution is -2.27. The largest absolute Gasteiger partial charge is 0.416 e. The third-order valence-electron chi connectivity index (χ3n) is 4.38. The van der Waals surface area contributed by atoms with Crippen molar-refractivity contribution in [2.75, 3.05) is 25.1 Å². The van der Waals surface area contributed by atoms with Gasteiger partial charge in [-0.15, -0.1) is 0 Å². The van der Waals surface area contributed by atoms with Gasteiger partial charge in [0.1, 0.15) is 0 Å². The van der Waals surface area contributed by atoms with E-state index in [2.05, 4.69) is 5.32 Å². The maximum absolute atomic E-state index is 12.9. The van der Waals surface area contributed by atoms with Crippen LogP contribution in [0.25, 0.3) is 0 Å². The molecule has 1 unspecified atom stereocenters. The maximum atomic E-state index is 12.9. The molecule has 0 bridgehead atoms. The molecule has 2 nitrogen and oxygen atoms in total. The van der Waals surface area contributed by atoms with Crippen molar-refractivity contribution in [3.8, 4) is 0 Å². The van der Waals surface area contributed by atoms with Crippen LogP contribution in [0.1, 0.15) is 36.3 Å². The summed E-state index contributed by atoms with van der Waals surface area (Å²) in [7, 11) is 0. The number of ether oxygens (including phenoxy) is 1. The van der Waals surface area contributed by atoms with Gasteiger partial charge in [0.15, 0.2) is 0 Å². The fraction of sp³-hybridized carbons (Fsp3) is 0.600. The highest BCUT2D eigenvalue weighted by atomic mass is 19.4. The molecule has 110 valence electrons. The second-order valence-corrected chi connectivity index (χ2v) is 5.57. The number of hydrogen-bond donors (Lipinski definition) is 1. The van der Waals surface area contributed by atoms with E-state index in [9.17, 15) is 13.2 Å². The average Bonchev–Trinajstić information content (AvgIpc) is 2.46. The smallest absolute Gasteiger partial charge is 0.385 e. The minimum Gasteiger partial charge on any atom is -0.385 e. The highest BCUT2D eigenvalue weighted by Gasteiger charge is 2.34. The Morgan fingerprint density at radius 1 is 1.10 bits per heavy atom. The van der Waals surface area contributed by atoms with E-state index in [0.29, 0.717) is 5.92 Å². The molecule has 2 heterocycles. The van der Waals surface area contributed by atoms with Gasteiger partial charge in [-0.2, -0.15) is 13.2 Å². The van der Waals surface area contributed by atoms with Crippen LogP contribution in [0.15, 0.2) is 18.2 Å². The fourth-order valence-corrected chi connectivity index (χ4v) is 3.33. The quantitative estimate of drug-likeness (QED) is 0.841. The molecule has 3 rings (SSSR count). The molecule has 1 N–H and O–H groups in total. The summed E-state index contributed by atoms with van der Waals surface area (Å²) in [5.74, 6) is 0.658. The molecule has 1 fully saturated rings.